The Labute approximate surface area is 304 Å². The number of benzene rings is 3. The minimum atomic E-state index is -4.70. The van der Waals surface area contributed by atoms with Gasteiger partial charge in [0.15, 0.2) is 0 Å². The van der Waals surface area contributed by atoms with E-state index in [2.05, 4.69) is 0 Å². The van der Waals surface area contributed by atoms with E-state index in [0.29, 0.717) is 47.2 Å². The third kappa shape index (κ3) is 7.47. The minimum Gasteiger partial charge on any atom is -0.333 e. The van der Waals surface area contributed by atoms with Crippen LogP contribution in [0.5, 0.6) is 0 Å². The number of fused-ring (bicyclic) bond motifs is 1. The second-order valence-corrected chi connectivity index (χ2v) is 17.4. The van der Waals surface area contributed by atoms with Crippen LogP contribution in [0.1, 0.15) is 40.0 Å². The molecule has 3 heterocycles. The standard InChI is InChI=1S/C35H33Cl2FN4O7S2/c1-50(46,47)22-4-17-39-18-20-40(21-19-39)35(45)33(43)27-15-16-30-41(34(27)44)31(23-7-11-25(36)12-8-23)32(24-9-13-26(37)14-10-24)42(30)51(48,49)29-6-3-2-5-28(29)38/h2-3,5-16,31-32H,4,17-22H2,1H3. The number of piperazine rings is 1. The number of sulfonamides is 1. The zero-order valence-electron chi connectivity index (χ0n) is 27.3. The lowest BCUT2D eigenvalue weighted by Crippen LogP contribution is -2.51. The van der Waals surface area contributed by atoms with Crippen LogP contribution in [0.2, 0.25) is 10.0 Å². The maximum atomic E-state index is 15.2. The summed E-state index contributed by atoms with van der Waals surface area (Å²) in [5.41, 5.74) is -0.494. The number of nitrogens with zero attached hydrogens (tertiary/aromatic N) is 4. The Morgan fingerprint density at radius 2 is 1.35 bits per heavy atom. The Morgan fingerprint density at radius 1 is 0.784 bits per heavy atom. The Bertz CT molecular complexity index is 2260. The molecule has 2 unspecified atom stereocenters. The number of anilines is 1. The third-order valence-electron chi connectivity index (χ3n) is 9.04. The second kappa shape index (κ2) is 14.5. The Balaban J connectivity index is 1.42. The first-order valence-electron chi connectivity index (χ1n) is 16.0. The number of amides is 1. The molecule has 2 atom stereocenters. The van der Waals surface area contributed by atoms with Crippen LogP contribution in [0.25, 0.3) is 0 Å². The van der Waals surface area contributed by atoms with Crippen molar-refractivity contribution in [1.29, 1.82) is 0 Å². The average Bonchev–Trinajstić information content (AvgIpc) is 3.45. The largest absolute Gasteiger partial charge is 0.333 e. The van der Waals surface area contributed by atoms with Crippen LogP contribution in [0.4, 0.5) is 10.2 Å². The van der Waals surface area contributed by atoms with E-state index >= 15 is 4.39 Å². The smallest absolute Gasteiger partial charge is 0.295 e. The molecule has 16 heteroatoms. The maximum Gasteiger partial charge on any atom is 0.295 e. The molecular weight excluding hydrogens is 742 g/mol. The number of carbonyl (C=O) groups excluding carboxylic acids is 2. The van der Waals surface area contributed by atoms with Gasteiger partial charge in [0, 0.05) is 42.5 Å². The van der Waals surface area contributed by atoms with Gasteiger partial charge in [-0.1, -0.05) is 59.6 Å². The van der Waals surface area contributed by atoms with Crippen LogP contribution in [-0.2, 0) is 24.7 Å². The fraction of sp³-hybridized carbons (Fsp3) is 0.286. The summed E-state index contributed by atoms with van der Waals surface area (Å²) in [6, 6.07) is 17.8. The van der Waals surface area contributed by atoms with Crippen molar-refractivity contribution < 1.29 is 30.8 Å². The van der Waals surface area contributed by atoms with E-state index in [4.69, 9.17) is 23.2 Å². The lowest BCUT2D eigenvalue weighted by atomic mass is 9.94. The summed E-state index contributed by atoms with van der Waals surface area (Å²) in [5.74, 6) is -3.05. The van der Waals surface area contributed by atoms with Gasteiger partial charge >= 0.3 is 0 Å². The average molecular weight is 776 g/mol. The van der Waals surface area contributed by atoms with Crippen molar-refractivity contribution in [2.45, 2.75) is 23.4 Å². The second-order valence-electron chi connectivity index (χ2n) is 12.5. The molecule has 6 rings (SSSR count). The highest BCUT2D eigenvalue weighted by Gasteiger charge is 2.48. The molecular formula is C35H33Cl2FN4O7S2. The predicted molar refractivity (Wildman–Crippen MR) is 192 cm³/mol. The Hall–Kier alpha value is -4.08. The van der Waals surface area contributed by atoms with Gasteiger partial charge in [0.1, 0.15) is 26.4 Å². The molecule has 0 saturated carbocycles. The highest BCUT2D eigenvalue weighted by molar-refractivity contribution is 7.93. The topological polar surface area (TPSA) is 134 Å². The molecule has 1 saturated heterocycles. The normalized spacial score (nSPS) is 18.1. The van der Waals surface area contributed by atoms with Crippen LogP contribution in [0, 0.1) is 5.82 Å². The van der Waals surface area contributed by atoms with Gasteiger partial charge in [-0.3, -0.25) is 23.9 Å². The van der Waals surface area contributed by atoms with Crippen molar-refractivity contribution in [2.24, 2.45) is 0 Å². The number of pyridine rings is 1. The minimum absolute atomic E-state index is 0.0435. The summed E-state index contributed by atoms with van der Waals surface area (Å²) in [5, 5.41) is 0.757. The van der Waals surface area contributed by atoms with Crippen molar-refractivity contribution in [1.82, 2.24) is 14.4 Å². The highest BCUT2D eigenvalue weighted by atomic mass is 35.5. The lowest BCUT2D eigenvalue weighted by molar-refractivity contribution is -0.128. The first-order chi connectivity index (χ1) is 24.2. The van der Waals surface area contributed by atoms with Crippen LogP contribution < -0.4 is 9.86 Å². The number of ketones is 1. The number of hydrogen-bond acceptors (Lipinski definition) is 8. The summed E-state index contributed by atoms with van der Waals surface area (Å²) in [4.78, 5) is 44.5. The molecule has 0 radical (unpaired) electrons. The zero-order valence-corrected chi connectivity index (χ0v) is 30.4. The Kier molecular flexibility index (Phi) is 10.4. The van der Waals surface area contributed by atoms with Crippen LogP contribution in [0.15, 0.2) is 94.6 Å². The molecule has 0 spiro atoms. The molecule has 4 aromatic rings. The monoisotopic (exact) mass is 774 g/mol. The van der Waals surface area contributed by atoms with Gasteiger partial charge in [-0.05, 0) is 72.6 Å². The van der Waals surface area contributed by atoms with Crippen molar-refractivity contribution in [3.8, 4) is 0 Å². The summed E-state index contributed by atoms with van der Waals surface area (Å²) in [7, 11) is -7.81. The molecule has 0 bridgehead atoms. The van der Waals surface area contributed by atoms with E-state index in [0.717, 1.165) is 27.1 Å². The van der Waals surface area contributed by atoms with Crippen molar-refractivity contribution in [3.05, 3.63) is 128 Å². The van der Waals surface area contributed by atoms with Crippen LogP contribution >= 0.6 is 23.2 Å². The number of aromatic nitrogens is 1. The van der Waals surface area contributed by atoms with Crippen LogP contribution in [-0.4, -0.2) is 87.6 Å². The molecule has 1 fully saturated rings. The molecule has 2 aliphatic rings. The molecule has 268 valence electrons. The maximum absolute atomic E-state index is 15.2. The van der Waals surface area contributed by atoms with E-state index in [1.54, 1.807) is 48.5 Å². The van der Waals surface area contributed by atoms with E-state index in [1.165, 1.54) is 29.4 Å². The van der Waals surface area contributed by atoms with Gasteiger partial charge in [-0.2, -0.15) is 0 Å². The molecule has 1 aromatic heterocycles. The van der Waals surface area contributed by atoms with E-state index in [1.807, 2.05) is 4.90 Å². The number of halogens is 3. The number of hydrogen-bond donors (Lipinski definition) is 0. The molecule has 11 nitrogen and oxygen atoms in total. The van der Waals surface area contributed by atoms with Crippen molar-refractivity contribution in [2.75, 3.05) is 49.0 Å². The summed E-state index contributed by atoms with van der Waals surface area (Å²) in [6.45, 7) is 1.72. The van der Waals surface area contributed by atoms with Gasteiger partial charge in [0.25, 0.3) is 27.3 Å². The first-order valence-corrected chi connectivity index (χ1v) is 20.2. The predicted octanol–water partition coefficient (Wildman–Crippen LogP) is 4.60. The number of Topliss-reactive ketones (excluding diaryl/α,β-unsaturated/α-hetero) is 1. The number of carbonyl (C=O) groups is 2. The summed E-state index contributed by atoms with van der Waals surface area (Å²) < 4.78 is 69.2. The molecule has 51 heavy (non-hydrogen) atoms. The highest BCUT2D eigenvalue weighted by Crippen LogP contribution is 2.49. The van der Waals surface area contributed by atoms with E-state index in [-0.39, 0.29) is 24.7 Å². The first kappa shape index (κ1) is 36.7. The molecule has 0 N–H and O–H groups in total. The van der Waals surface area contributed by atoms with Gasteiger partial charge < -0.3 is 4.90 Å². The van der Waals surface area contributed by atoms with Crippen molar-refractivity contribution >= 4 is 60.6 Å². The van der Waals surface area contributed by atoms with Gasteiger partial charge in [0.2, 0.25) is 0 Å². The van der Waals surface area contributed by atoms with E-state index < -0.39 is 65.5 Å². The van der Waals surface area contributed by atoms with Crippen molar-refractivity contribution in [3.63, 3.8) is 0 Å². The summed E-state index contributed by atoms with van der Waals surface area (Å²) >= 11 is 12.4. The number of rotatable bonds is 10. The fourth-order valence-electron chi connectivity index (χ4n) is 6.56. The molecule has 0 aliphatic carbocycles. The Morgan fingerprint density at radius 3 is 1.92 bits per heavy atom. The summed E-state index contributed by atoms with van der Waals surface area (Å²) in [6.07, 6.45) is 1.61. The third-order valence-corrected chi connectivity index (χ3v) is 12.4. The zero-order chi connectivity index (χ0) is 36.7. The molecule has 2 aliphatic heterocycles. The lowest BCUT2D eigenvalue weighted by Gasteiger charge is -2.34. The quantitative estimate of drug-likeness (QED) is 0.169. The molecule has 1 amide bonds. The SMILES string of the molecule is CS(=O)(=O)CCCN1CCN(C(=O)C(=O)c2ccc3n(c2=O)C(c2ccc(Cl)cc2)C(c2ccc(Cl)cc2)N3S(=O)(=O)c2ccccc2F)CC1. The fourth-order valence-corrected chi connectivity index (χ4v) is 9.18. The van der Waals surface area contributed by atoms with Gasteiger partial charge in [-0.25, -0.2) is 25.5 Å². The van der Waals surface area contributed by atoms with Gasteiger partial charge in [-0.15, -0.1) is 0 Å². The molecule has 3 aromatic carbocycles. The van der Waals surface area contributed by atoms with E-state index in [9.17, 15) is 31.2 Å². The van der Waals surface area contributed by atoms with Gasteiger partial charge in [0.05, 0.1) is 23.4 Å². The number of sulfone groups is 1. The van der Waals surface area contributed by atoms with Crippen LogP contribution in [0.3, 0.4) is 0 Å².